The highest BCUT2D eigenvalue weighted by Gasteiger charge is 2.30. The first kappa shape index (κ1) is 21.4. The molecule has 1 aromatic heterocycles. The van der Waals surface area contributed by atoms with Gasteiger partial charge in [0.15, 0.2) is 5.69 Å². The van der Waals surface area contributed by atoms with Crippen LogP contribution in [0.5, 0.6) is 0 Å². The molecule has 154 valence electrons. The third-order valence-corrected chi connectivity index (χ3v) is 4.67. The Morgan fingerprint density at radius 2 is 1.71 bits per heavy atom. The van der Waals surface area contributed by atoms with E-state index in [0.717, 1.165) is 11.3 Å². The number of nitrogens with one attached hydrogen (secondary N) is 1. The summed E-state index contributed by atoms with van der Waals surface area (Å²) in [6.45, 7) is 4.31. The van der Waals surface area contributed by atoms with Crippen LogP contribution >= 0.6 is 0 Å². The third-order valence-electron chi connectivity index (χ3n) is 4.67. The molecule has 1 aliphatic rings. The van der Waals surface area contributed by atoms with Gasteiger partial charge in [-0.2, -0.15) is 0 Å². The Kier molecular flexibility index (Phi) is 7.13. The maximum atomic E-state index is 12.8. The first-order valence-electron chi connectivity index (χ1n) is 9.57. The number of hydrogen-bond acceptors (Lipinski definition) is 6. The molecule has 2 heterocycles. The zero-order valence-corrected chi connectivity index (χ0v) is 16.3. The fourth-order valence-electron chi connectivity index (χ4n) is 3.18. The molecular weight excluding hydrogens is 366 g/mol. The summed E-state index contributed by atoms with van der Waals surface area (Å²) >= 11 is 0. The molecule has 0 bridgehead atoms. The van der Waals surface area contributed by atoms with Crippen molar-refractivity contribution in [3.05, 3.63) is 20.8 Å². The van der Waals surface area contributed by atoms with Crippen molar-refractivity contribution in [2.24, 2.45) is 0 Å². The van der Waals surface area contributed by atoms with Crippen molar-refractivity contribution in [1.82, 2.24) is 14.5 Å². The van der Waals surface area contributed by atoms with E-state index in [9.17, 15) is 24.0 Å². The van der Waals surface area contributed by atoms with Gasteiger partial charge in [-0.1, -0.05) is 20.3 Å². The van der Waals surface area contributed by atoms with Crippen molar-refractivity contribution in [3.63, 3.8) is 0 Å². The van der Waals surface area contributed by atoms with E-state index in [0.29, 0.717) is 19.4 Å². The van der Waals surface area contributed by atoms with E-state index in [2.05, 4.69) is 4.98 Å². The molecule has 0 radical (unpaired) electrons. The van der Waals surface area contributed by atoms with Gasteiger partial charge in [-0.05, 0) is 12.8 Å². The van der Waals surface area contributed by atoms with E-state index in [1.807, 2.05) is 13.8 Å². The van der Waals surface area contributed by atoms with Crippen LogP contribution in [0.4, 0.5) is 11.5 Å². The molecule has 10 heteroatoms. The standard InChI is InChI=1S/C18H27N5O5/c1-3-5-10-23-16(19)15(17(27)20-18(23)28)22(9-4-2)14(26)8-11-21-12(24)6-7-13(21)25/h3-11,19H2,1-2H3,(H,20,27,28). The molecule has 1 aromatic rings. The summed E-state index contributed by atoms with van der Waals surface area (Å²) in [7, 11) is 0. The number of nitrogens with two attached hydrogens (primary N) is 1. The van der Waals surface area contributed by atoms with Gasteiger partial charge in [-0.3, -0.25) is 33.6 Å². The molecule has 0 aliphatic carbocycles. The average Bonchev–Trinajstić information content (AvgIpc) is 2.96. The van der Waals surface area contributed by atoms with E-state index >= 15 is 0 Å². The summed E-state index contributed by atoms with van der Waals surface area (Å²) < 4.78 is 1.25. The number of nitrogen functional groups attached to an aromatic ring is 1. The van der Waals surface area contributed by atoms with Crippen molar-refractivity contribution >= 4 is 29.2 Å². The molecule has 0 aromatic carbocycles. The zero-order valence-electron chi connectivity index (χ0n) is 16.3. The number of aromatic amines is 1. The van der Waals surface area contributed by atoms with Crippen molar-refractivity contribution in [2.45, 2.75) is 58.9 Å². The van der Waals surface area contributed by atoms with Crippen LogP contribution in [0.15, 0.2) is 9.59 Å². The molecule has 0 saturated carbocycles. The van der Waals surface area contributed by atoms with Gasteiger partial charge in [0.2, 0.25) is 17.7 Å². The molecule has 0 atom stereocenters. The molecule has 1 fully saturated rings. The molecule has 0 unspecified atom stereocenters. The largest absolute Gasteiger partial charge is 0.383 e. The van der Waals surface area contributed by atoms with Gasteiger partial charge in [0.1, 0.15) is 5.82 Å². The normalized spacial score (nSPS) is 14.0. The number of aromatic nitrogens is 2. The molecule has 1 aliphatic heterocycles. The lowest BCUT2D eigenvalue weighted by atomic mass is 10.2. The molecular formula is C18H27N5O5. The van der Waals surface area contributed by atoms with Crippen molar-refractivity contribution in [2.75, 3.05) is 23.7 Å². The highest BCUT2D eigenvalue weighted by atomic mass is 16.2. The Bertz CT molecular complexity index is 856. The SMILES string of the molecule is CCCCn1c(N)c(N(CCC)C(=O)CCN2C(=O)CCC2=O)c(=O)[nH]c1=O. The summed E-state index contributed by atoms with van der Waals surface area (Å²) in [5.41, 5.74) is 4.67. The van der Waals surface area contributed by atoms with Crippen molar-refractivity contribution in [3.8, 4) is 0 Å². The second-order valence-electron chi connectivity index (χ2n) is 6.73. The Balaban J connectivity index is 2.30. The van der Waals surface area contributed by atoms with Gasteiger partial charge in [0, 0.05) is 38.9 Å². The number of unbranched alkanes of at least 4 members (excludes halogenated alkanes) is 1. The predicted octanol–water partition coefficient (Wildman–Crippen LogP) is 0.201. The quantitative estimate of drug-likeness (QED) is 0.575. The van der Waals surface area contributed by atoms with Crippen LogP contribution in [-0.2, 0) is 20.9 Å². The molecule has 28 heavy (non-hydrogen) atoms. The lowest BCUT2D eigenvalue weighted by Gasteiger charge is -2.25. The Morgan fingerprint density at radius 3 is 2.29 bits per heavy atom. The molecule has 2 rings (SSSR count). The van der Waals surface area contributed by atoms with Crippen LogP contribution < -0.4 is 21.9 Å². The number of rotatable bonds is 9. The van der Waals surface area contributed by atoms with Gasteiger partial charge < -0.3 is 10.6 Å². The number of likely N-dealkylation sites (tertiary alicyclic amines) is 1. The molecule has 1 saturated heterocycles. The van der Waals surface area contributed by atoms with Crippen LogP contribution in [0.2, 0.25) is 0 Å². The summed E-state index contributed by atoms with van der Waals surface area (Å²) in [4.78, 5) is 65.3. The number of nitrogens with zero attached hydrogens (tertiary/aromatic N) is 3. The number of anilines is 2. The second kappa shape index (κ2) is 9.34. The predicted molar refractivity (Wildman–Crippen MR) is 104 cm³/mol. The number of carbonyl (C=O) groups is 3. The Labute approximate surface area is 162 Å². The van der Waals surface area contributed by atoms with Gasteiger partial charge in [0.25, 0.3) is 5.56 Å². The highest BCUT2D eigenvalue weighted by Crippen LogP contribution is 2.19. The minimum atomic E-state index is -0.731. The molecule has 3 amide bonds. The smallest absolute Gasteiger partial charge is 0.330 e. The topological polar surface area (TPSA) is 139 Å². The summed E-state index contributed by atoms with van der Waals surface area (Å²) in [6, 6.07) is 0. The number of carbonyl (C=O) groups excluding carboxylic acids is 3. The lowest BCUT2D eigenvalue weighted by molar-refractivity contribution is -0.138. The Hall–Kier alpha value is -2.91. The monoisotopic (exact) mass is 393 g/mol. The van der Waals surface area contributed by atoms with Crippen molar-refractivity contribution in [1.29, 1.82) is 0 Å². The first-order valence-corrected chi connectivity index (χ1v) is 9.57. The fraction of sp³-hybridized carbons (Fsp3) is 0.611. The van der Waals surface area contributed by atoms with Crippen LogP contribution in [-0.4, -0.2) is 45.3 Å². The van der Waals surface area contributed by atoms with Crippen molar-refractivity contribution < 1.29 is 14.4 Å². The molecule has 10 nitrogen and oxygen atoms in total. The van der Waals surface area contributed by atoms with Crippen LogP contribution in [0.25, 0.3) is 0 Å². The van der Waals surface area contributed by atoms with Gasteiger partial charge in [-0.15, -0.1) is 0 Å². The number of imide groups is 1. The maximum absolute atomic E-state index is 12.8. The maximum Gasteiger partial charge on any atom is 0.330 e. The highest BCUT2D eigenvalue weighted by molar-refractivity contribution is 6.02. The Morgan fingerprint density at radius 1 is 1.07 bits per heavy atom. The summed E-state index contributed by atoms with van der Waals surface area (Å²) in [5, 5.41) is 0. The summed E-state index contributed by atoms with van der Waals surface area (Å²) in [6.07, 6.45) is 2.26. The van der Waals surface area contributed by atoms with Gasteiger partial charge in [-0.25, -0.2) is 4.79 Å². The van der Waals surface area contributed by atoms with Crippen LogP contribution in [0.3, 0.4) is 0 Å². The average molecular weight is 393 g/mol. The second-order valence-corrected chi connectivity index (χ2v) is 6.73. The third kappa shape index (κ3) is 4.49. The fourth-order valence-corrected chi connectivity index (χ4v) is 3.18. The summed E-state index contributed by atoms with van der Waals surface area (Å²) in [5.74, 6) is -1.10. The zero-order chi connectivity index (χ0) is 20.8. The van der Waals surface area contributed by atoms with Gasteiger partial charge >= 0.3 is 5.69 Å². The van der Waals surface area contributed by atoms with E-state index in [-0.39, 0.29) is 55.7 Å². The lowest BCUT2D eigenvalue weighted by Crippen LogP contribution is -2.43. The minimum absolute atomic E-state index is 0.0377. The number of H-pyrrole nitrogens is 1. The van der Waals surface area contributed by atoms with E-state index in [4.69, 9.17) is 5.73 Å². The first-order chi connectivity index (χ1) is 13.3. The molecule has 0 spiro atoms. The van der Waals surface area contributed by atoms with Crippen LogP contribution in [0, 0.1) is 0 Å². The van der Waals surface area contributed by atoms with E-state index in [1.54, 1.807) is 0 Å². The van der Waals surface area contributed by atoms with Gasteiger partial charge in [0.05, 0.1) is 0 Å². The number of hydrogen-bond donors (Lipinski definition) is 2. The van der Waals surface area contributed by atoms with E-state index in [1.165, 1.54) is 9.47 Å². The number of amides is 3. The van der Waals surface area contributed by atoms with E-state index < -0.39 is 17.2 Å². The molecule has 3 N–H and O–H groups in total. The minimum Gasteiger partial charge on any atom is -0.383 e. The van der Waals surface area contributed by atoms with Crippen LogP contribution in [0.1, 0.15) is 52.4 Å².